The van der Waals surface area contributed by atoms with Crippen LogP contribution in [0.2, 0.25) is 0 Å². The topological polar surface area (TPSA) is 98.8 Å². The van der Waals surface area contributed by atoms with E-state index in [1.54, 1.807) is 11.8 Å². The molecule has 0 fully saturated rings. The Bertz CT molecular complexity index is 1470. The maximum absolute atomic E-state index is 11.1. The van der Waals surface area contributed by atoms with Crippen LogP contribution in [0.15, 0.2) is 83.4 Å². The van der Waals surface area contributed by atoms with Gasteiger partial charge < -0.3 is 10.0 Å². The van der Waals surface area contributed by atoms with Crippen molar-refractivity contribution in [3.05, 3.63) is 84.0 Å². The van der Waals surface area contributed by atoms with E-state index < -0.39 is 16.1 Å². The van der Waals surface area contributed by atoms with E-state index in [2.05, 4.69) is 58.7 Å². The number of aryl methyl sites for hydroxylation is 1. The first-order valence-electron chi connectivity index (χ1n) is 12.8. The number of carboxylic acid groups (broad SMARTS) is 1. The van der Waals surface area contributed by atoms with Crippen molar-refractivity contribution in [2.24, 2.45) is 0 Å². The number of unbranched alkanes of at least 4 members (excludes halogenated alkanes) is 3. The van der Waals surface area contributed by atoms with Gasteiger partial charge in [0.1, 0.15) is 6.54 Å². The van der Waals surface area contributed by atoms with Crippen LogP contribution in [-0.2, 0) is 21.5 Å². The van der Waals surface area contributed by atoms with Gasteiger partial charge >= 0.3 is 5.97 Å². The Kier molecular flexibility index (Phi) is 9.25. The molecule has 0 amide bonds. The maximum Gasteiger partial charge on any atom is 0.303 e. The van der Waals surface area contributed by atoms with E-state index in [1.165, 1.54) is 0 Å². The minimum Gasteiger partial charge on any atom is -0.481 e. The molecule has 0 bridgehead atoms. The lowest BCUT2D eigenvalue weighted by molar-refractivity contribution is -0.671. The largest absolute Gasteiger partial charge is 0.481 e. The Morgan fingerprint density at radius 1 is 1.00 bits per heavy atom. The highest BCUT2D eigenvalue weighted by molar-refractivity contribution is 8.03. The van der Waals surface area contributed by atoms with Crippen LogP contribution in [0.4, 0.5) is 5.69 Å². The van der Waals surface area contributed by atoms with Crippen LogP contribution in [0.25, 0.3) is 16.5 Å². The number of benzene rings is 2. The second kappa shape index (κ2) is 12.6. The Labute approximate surface area is 228 Å². The fourth-order valence-electron chi connectivity index (χ4n) is 4.67. The van der Waals surface area contributed by atoms with E-state index in [9.17, 15) is 13.2 Å². The number of aliphatic carboxylic acids is 1. The van der Waals surface area contributed by atoms with E-state index >= 15 is 0 Å². The highest BCUT2D eigenvalue weighted by Gasteiger charge is 2.25. The third kappa shape index (κ3) is 7.24. The second-order valence-corrected chi connectivity index (χ2v) is 12.0. The van der Waals surface area contributed by atoms with E-state index in [4.69, 9.17) is 9.66 Å². The lowest BCUT2D eigenvalue weighted by atomic mass is 10.0. The monoisotopic (exact) mass is 553 g/mol. The zero-order chi connectivity index (χ0) is 27.1. The zero-order valence-electron chi connectivity index (χ0n) is 21.3. The molecule has 0 atom stereocenters. The Balaban J connectivity index is 1.54. The first kappa shape index (κ1) is 27.9. The molecule has 1 aliphatic heterocycles. The van der Waals surface area contributed by atoms with Crippen molar-refractivity contribution in [3.63, 3.8) is 0 Å². The van der Waals surface area contributed by atoms with Gasteiger partial charge in [-0.1, -0.05) is 42.6 Å². The number of allylic oxidation sites excluding steroid dienone is 2. The number of aromatic nitrogens is 1. The lowest BCUT2D eigenvalue weighted by Gasteiger charge is -2.21. The fourth-order valence-corrected chi connectivity index (χ4v) is 6.39. The van der Waals surface area contributed by atoms with E-state index in [1.807, 2.05) is 24.3 Å². The number of hydrogen-bond donors (Lipinski definition) is 2. The lowest BCUT2D eigenvalue weighted by Crippen LogP contribution is -2.34. The summed E-state index contributed by atoms with van der Waals surface area (Å²) in [5, 5.41) is 11.0. The highest BCUT2D eigenvalue weighted by Crippen LogP contribution is 2.46. The number of hydrogen-bond acceptors (Lipinski definition) is 5. The van der Waals surface area contributed by atoms with Crippen molar-refractivity contribution in [1.82, 2.24) is 0 Å². The minimum absolute atomic E-state index is 0.207. The molecule has 9 heteroatoms. The van der Waals surface area contributed by atoms with Gasteiger partial charge in [0.2, 0.25) is 5.52 Å². The molecule has 0 saturated carbocycles. The van der Waals surface area contributed by atoms with Gasteiger partial charge in [0, 0.05) is 42.0 Å². The molecule has 0 aliphatic carbocycles. The molecule has 2 N–H and O–H groups in total. The molecule has 0 radical (unpaired) electrons. The standard InChI is InChI=1S/C29H32N2O5S2/c1-22(21-28-31(18-9-10-20-38(34,35)36)26-13-6-7-14-27(26)37-28)23-16-19-30(17-8-2-3-15-29(32)33)25-12-5-4-11-24(23)25/h4-7,11-14,16,19,21H,1-3,8-10,15,17-18,20H2,(H-,32,33,34,35,36)/p+1/b28-21-. The van der Waals surface area contributed by atoms with Gasteiger partial charge in [0.05, 0.1) is 21.9 Å². The number of para-hydroxylation sites is 2. The van der Waals surface area contributed by atoms with Crippen molar-refractivity contribution in [1.29, 1.82) is 0 Å². The molecule has 0 unspecified atom stereocenters. The molecule has 7 nitrogen and oxygen atoms in total. The van der Waals surface area contributed by atoms with E-state index in [-0.39, 0.29) is 12.2 Å². The summed E-state index contributed by atoms with van der Waals surface area (Å²) in [7, 11) is -3.96. The van der Waals surface area contributed by atoms with Crippen LogP contribution in [-0.4, -0.2) is 36.3 Å². The molecular weight excluding hydrogens is 520 g/mol. The normalized spacial score (nSPS) is 14.2. The van der Waals surface area contributed by atoms with Crippen LogP contribution in [0.3, 0.4) is 0 Å². The first-order valence-corrected chi connectivity index (χ1v) is 15.2. The fraction of sp³-hybridized carbons (Fsp3) is 0.310. The number of nitrogens with zero attached hydrogens (tertiary/aromatic N) is 2. The number of carbonyl (C=O) groups is 1. The average molecular weight is 554 g/mol. The first-order chi connectivity index (χ1) is 18.2. The third-order valence-electron chi connectivity index (χ3n) is 6.53. The van der Waals surface area contributed by atoms with Crippen LogP contribution in [0, 0.1) is 0 Å². The molecular formula is C29H33N2O5S2+. The van der Waals surface area contributed by atoms with Gasteiger partial charge in [-0.2, -0.15) is 13.0 Å². The van der Waals surface area contributed by atoms with Crippen molar-refractivity contribution in [2.45, 2.75) is 50.0 Å². The smallest absolute Gasteiger partial charge is 0.303 e. The van der Waals surface area contributed by atoms with Crippen LogP contribution < -0.4 is 9.47 Å². The van der Waals surface area contributed by atoms with Gasteiger partial charge in [-0.05, 0) is 55.5 Å². The van der Waals surface area contributed by atoms with Crippen LogP contribution in [0.5, 0.6) is 0 Å². The molecule has 0 spiro atoms. The molecule has 200 valence electrons. The molecule has 1 aliphatic rings. The molecule has 4 rings (SSSR count). The average Bonchev–Trinajstić information content (AvgIpc) is 3.22. The van der Waals surface area contributed by atoms with E-state index in [0.717, 1.165) is 57.0 Å². The summed E-state index contributed by atoms with van der Waals surface area (Å²) in [5.41, 5.74) is 4.11. The summed E-state index contributed by atoms with van der Waals surface area (Å²) >= 11 is 1.67. The van der Waals surface area contributed by atoms with Crippen molar-refractivity contribution >= 4 is 50.0 Å². The third-order valence-corrected chi connectivity index (χ3v) is 8.45. The van der Waals surface area contributed by atoms with Gasteiger partial charge in [0.25, 0.3) is 10.1 Å². The quantitative estimate of drug-likeness (QED) is 0.154. The van der Waals surface area contributed by atoms with Crippen LogP contribution >= 0.6 is 11.8 Å². The Morgan fingerprint density at radius 3 is 2.55 bits per heavy atom. The van der Waals surface area contributed by atoms with Crippen molar-refractivity contribution in [3.8, 4) is 0 Å². The van der Waals surface area contributed by atoms with Gasteiger partial charge in [-0.25, -0.2) is 0 Å². The number of anilines is 1. The number of pyridine rings is 1. The minimum atomic E-state index is -3.96. The Hall–Kier alpha value is -3.14. The molecule has 2 aromatic carbocycles. The zero-order valence-corrected chi connectivity index (χ0v) is 22.9. The Morgan fingerprint density at radius 2 is 1.76 bits per heavy atom. The summed E-state index contributed by atoms with van der Waals surface area (Å²) in [6.45, 7) is 5.85. The summed E-state index contributed by atoms with van der Waals surface area (Å²) in [6.07, 6.45) is 7.84. The molecule has 38 heavy (non-hydrogen) atoms. The SMILES string of the molecule is C=C(/C=C1\Sc2ccccc2N1CCCCS(=O)(=O)O)c1cc[n+](CCCCCC(=O)O)c2ccccc12. The molecule has 2 heterocycles. The number of carboxylic acids is 1. The number of rotatable bonds is 13. The van der Waals surface area contributed by atoms with Gasteiger partial charge in [0.15, 0.2) is 6.20 Å². The van der Waals surface area contributed by atoms with Crippen LogP contribution in [0.1, 0.15) is 44.1 Å². The van der Waals surface area contributed by atoms with E-state index in [0.29, 0.717) is 25.8 Å². The summed E-state index contributed by atoms with van der Waals surface area (Å²) < 4.78 is 33.5. The van der Waals surface area contributed by atoms with Gasteiger partial charge in [-0.15, -0.1) is 0 Å². The highest BCUT2D eigenvalue weighted by atomic mass is 32.2. The predicted molar refractivity (Wildman–Crippen MR) is 153 cm³/mol. The summed E-state index contributed by atoms with van der Waals surface area (Å²) in [6, 6.07) is 18.5. The molecule has 1 aromatic heterocycles. The summed E-state index contributed by atoms with van der Waals surface area (Å²) in [4.78, 5) is 14.1. The molecule has 0 saturated heterocycles. The predicted octanol–water partition coefficient (Wildman–Crippen LogP) is 5.91. The summed E-state index contributed by atoms with van der Waals surface area (Å²) in [5.74, 6) is -0.989. The number of fused-ring (bicyclic) bond motifs is 2. The second-order valence-electron chi connectivity index (χ2n) is 9.37. The van der Waals surface area contributed by atoms with Crippen molar-refractivity contribution in [2.75, 3.05) is 17.2 Å². The van der Waals surface area contributed by atoms with Crippen molar-refractivity contribution < 1.29 is 27.4 Å². The maximum atomic E-state index is 11.1. The van der Waals surface area contributed by atoms with Gasteiger partial charge in [-0.3, -0.25) is 9.35 Å². The number of thioether (sulfide) groups is 1. The molecule has 3 aromatic rings.